The predicted octanol–water partition coefficient (Wildman–Crippen LogP) is 6.36. The summed E-state index contributed by atoms with van der Waals surface area (Å²) in [5.41, 5.74) is 3.15. The highest BCUT2D eigenvalue weighted by atomic mass is 35.5. The maximum absolute atomic E-state index is 13.7. The van der Waals surface area contributed by atoms with Gasteiger partial charge in [-0.1, -0.05) is 79.5 Å². The second-order valence-corrected chi connectivity index (χ2v) is 9.64. The molecule has 6 heteroatoms. The first-order chi connectivity index (χ1) is 18.0. The Hall–Kier alpha value is -3.31. The van der Waals surface area contributed by atoms with E-state index in [9.17, 15) is 9.59 Å². The van der Waals surface area contributed by atoms with Crippen molar-refractivity contribution in [2.45, 2.75) is 58.5 Å². The van der Waals surface area contributed by atoms with Crippen LogP contribution in [0.1, 0.15) is 49.3 Å². The Morgan fingerprint density at radius 3 is 2.35 bits per heavy atom. The summed E-state index contributed by atoms with van der Waals surface area (Å²) in [4.78, 5) is 28.8. The van der Waals surface area contributed by atoms with Gasteiger partial charge in [0.2, 0.25) is 11.8 Å². The van der Waals surface area contributed by atoms with Crippen molar-refractivity contribution in [2.75, 3.05) is 13.2 Å². The van der Waals surface area contributed by atoms with Gasteiger partial charge in [0.1, 0.15) is 11.8 Å². The van der Waals surface area contributed by atoms with Crippen LogP contribution in [0.15, 0.2) is 78.9 Å². The normalized spacial score (nSPS) is 11.5. The fraction of sp³-hybridized carbons (Fsp3) is 0.355. The predicted molar refractivity (Wildman–Crippen MR) is 150 cm³/mol. The van der Waals surface area contributed by atoms with Gasteiger partial charge in [-0.05, 0) is 60.7 Å². The lowest BCUT2D eigenvalue weighted by Gasteiger charge is -2.32. The van der Waals surface area contributed by atoms with E-state index in [0.29, 0.717) is 43.3 Å². The van der Waals surface area contributed by atoms with Gasteiger partial charge in [0, 0.05) is 31.0 Å². The molecule has 0 spiro atoms. The Morgan fingerprint density at radius 1 is 0.946 bits per heavy atom. The highest BCUT2D eigenvalue weighted by molar-refractivity contribution is 6.30. The van der Waals surface area contributed by atoms with Crippen LogP contribution >= 0.6 is 11.6 Å². The Labute approximate surface area is 225 Å². The zero-order valence-electron chi connectivity index (χ0n) is 21.8. The Morgan fingerprint density at radius 2 is 1.65 bits per heavy atom. The van der Waals surface area contributed by atoms with Crippen molar-refractivity contribution in [3.8, 4) is 5.75 Å². The third-order valence-electron chi connectivity index (χ3n) is 6.32. The van der Waals surface area contributed by atoms with Crippen molar-refractivity contribution < 1.29 is 14.3 Å². The van der Waals surface area contributed by atoms with E-state index in [-0.39, 0.29) is 18.2 Å². The number of nitrogens with one attached hydrogen (secondary N) is 1. The molecule has 1 N–H and O–H groups in total. The van der Waals surface area contributed by atoms with Crippen molar-refractivity contribution in [3.05, 3.63) is 101 Å². The summed E-state index contributed by atoms with van der Waals surface area (Å²) in [6, 6.07) is 24.5. The molecule has 0 saturated carbocycles. The third-order valence-corrected chi connectivity index (χ3v) is 6.57. The molecule has 2 amide bonds. The van der Waals surface area contributed by atoms with E-state index in [4.69, 9.17) is 16.3 Å². The Bertz CT molecular complexity index is 1120. The van der Waals surface area contributed by atoms with Crippen molar-refractivity contribution in [1.82, 2.24) is 10.2 Å². The molecule has 0 fully saturated rings. The minimum Gasteiger partial charge on any atom is -0.494 e. The number of aryl methyl sites for hydroxylation is 1. The SMILES string of the molecule is CCCCNC(=O)[C@H](Cc1ccccc1)N(Cc1ccccc1C)C(=O)CCCOc1ccc(Cl)cc1. The maximum atomic E-state index is 13.7. The molecule has 5 nitrogen and oxygen atoms in total. The maximum Gasteiger partial charge on any atom is 0.243 e. The van der Waals surface area contributed by atoms with Gasteiger partial charge in [-0.3, -0.25) is 9.59 Å². The fourth-order valence-corrected chi connectivity index (χ4v) is 4.24. The molecule has 0 aliphatic rings. The molecule has 3 aromatic rings. The third kappa shape index (κ3) is 9.25. The average molecular weight is 521 g/mol. The van der Waals surface area contributed by atoms with Crippen LogP contribution in [0.25, 0.3) is 0 Å². The van der Waals surface area contributed by atoms with Crippen LogP contribution in [0.2, 0.25) is 5.02 Å². The summed E-state index contributed by atoms with van der Waals surface area (Å²) >= 11 is 5.94. The molecule has 0 saturated heterocycles. The van der Waals surface area contributed by atoms with E-state index >= 15 is 0 Å². The molecule has 0 bridgehead atoms. The lowest BCUT2D eigenvalue weighted by Crippen LogP contribution is -2.50. The molecule has 3 rings (SSSR count). The second kappa shape index (κ2) is 15.1. The van der Waals surface area contributed by atoms with Crippen LogP contribution in [0.5, 0.6) is 5.75 Å². The summed E-state index contributed by atoms with van der Waals surface area (Å²) in [6.07, 6.45) is 3.17. The van der Waals surface area contributed by atoms with Crippen molar-refractivity contribution >= 4 is 23.4 Å². The van der Waals surface area contributed by atoms with Crippen LogP contribution < -0.4 is 10.1 Å². The standard InChI is InChI=1S/C31H37ClN2O3/c1-3-4-20-33-31(36)29(22-25-12-6-5-7-13-25)34(23-26-14-9-8-11-24(26)2)30(35)15-10-21-37-28-18-16-27(32)17-19-28/h5-9,11-14,16-19,29H,3-4,10,15,20-23H2,1-2H3,(H,33,36)/t29-/m0/s1. The first-order valence-electron chi connectivity index (χ1n) is 13.0. The van der Waals surface area contributed by atoms with E-state index in [1.807, 2.05) is 73.7 Å². The number of rotatable bonds is 14. The van der Waals surface area contributed by atoms with Gasteiger partial charge in [0.15, 0.2) is 0 Å². The summed E-state index contributed by atoms with van der Waals surface area (Å²) in [5.74, 6) is 0.539. The number of halogens is 1. The molecule has 0 aliphatic carbocycles. The number of carbonyl (C=O) groups excluding carboxylic acids is 2. The van der Waals surface area contributed by atoms with Gasteiger partial charge < -0.3 is 15.0 Å². The van der Waals surface area contributed by atoms with Gasteiger partial charge in [-0.15, -0.1) is 0 Å². The van der Waals surface area contributed by atoms with Crippen molar-refractivity contribution in [1.29, 1.82) is 0 Å². The molecule has 0 unspecified atom stereocenters. The van der Waals surface area contributed by atoms with Crippen LogP contribution in [0.3, 0.4) is 0 Å². The number of carbonyl (C=O) groups is 2. The number of unbranched alkanes of at least 4 members (excludes halogenated alkanes) is 1. The van der Waals surface area contributed by atoms with Gasteiger partial charge in [0.05, 0.1) is 6.61 Å². The van der Waals surface area contributed by atoms with E-state index in [1.54, 1.807) is 17.0 Å². The number of hydrogen-bond donors (Lipinski definition) is 1. The molecular weight excluding hydrogens is 484 g/mol. The number of amides is 2. The molecule has 0 aromatic heterocycles. The first-order valence-corrected chi connectivity index (χ1v) is 13.4. The highest BCUT2D eigenvalue weighted by Gasteiger charge is 2.30. The van der Waals surface area contributed by atoms with Crippen LogP contribution in [-0.4, -0.2) is 35.9 Å². The average Bonchev–Trinajstić information content (AvgIpc) is 2.91. The van der Waals surface area contributed by atoms with Gasteiger partial charge in [-0.2, -0.15) is 0 Å². The molecule has 196 valence electrons. The van der Waals surface area contributed by atoms with Gasteiger partial charge in [-0.25, -0.2) is 0 Å². The van der Waals surface area contributed by atoms with Crippen LogP contribution in [0, 0.1) is 6.92 Å². The van der Waals surface area contributed by atoms with Crippen LogP contribution in [0.4, 0.5) is 0 Å². The lowest BCUT2D eigenvalue weighted by molar-refractivity contribution is -0.141. The van der Waals surface area contributed by atoms with Gasteiger partial charge in [0.25, 0.3) is 0 Å². The van der Waals surface area contributed by atoms with Crippen molar-refractivity contribution in [3.63, 3.8) is 0 Å². The number of nitrogens with zero attached hydrogens (tertiary/aromatic N) is 1. The van der Waals surface area contributed by atoms with E-state index < -0.39 is 6.04 Å². The fourth-order valence-electron chi connectivity index (χ4n) is 4.12. The minimum absolute atomic E-state index is 0.0606. The molecule has 0 radical (unpaired) electrons. The molecule has 37 heavy (non-hydrogen) atoms. The highest BCUT2D eigenvalue weighted by Crippen LogP contribution is 2.19. The molecule has 3 aromatic carbocycles. The molecule has 0 aliphatic heterocycles. The largest absolute Gasteiger partial charge is 0.494 e. The van der Waals surface area contributed by atoms with E-state index in [0.717, 1.165) is 29.5 Å². The zero-order chi connectivity index (χ0) is 26.5. The number of hydrogen-bond acceptors (Lipinski definition) is 3. The summed E-state index contributed by atoms with van der Waals surface area (Å²) in [6.45, 7) is 5.50. The van der Waals surface area contributed by atoms with Crippen LogP contribution in [-0.2, 0) is 22.6 Å². The minimum atomic E-state index is -0.608. The Kier molecular flexibility index (Phi) is 11.5. The monoisotopic (exact) mass is 520 g/mol. The summed E-state index contributed by atoms with van der Waals surface area (Å²) in [5, 5.41) is 3.71. The number of benzene rings is 3. The van der Waals surface area contributed by atoms with Crippen molar-refractivity contribution in [2.24, 2.45) is 0 Å². The molecule has 1 atom stereocenters. The van der Waals surface area contributed by atoms with Gasteiger partial charge >= 0.3 is 0 Å². The smallest absolute Gasteiger partial charge is 0.243 e. The summed E-state index contributed by atoms with van der Waals surface area (Å²) in [7, 11) is 0. The Balaban J connectivity index is 1.78. The second-order valence-electron chi connectivity index (χ2n) is 9.20. The van der Waals surface area contributed by atoms with E-state index in [1.165, 1.54) is 0 Å². The lowest BCUT2D eigenvalue weighted by atomic mass is 10.0. The zero-order valence-corrected chi connectivity index (χ0v) is 22.5. The topological polar surface area (TPSA) is 58.6 Å². The number of ether oxygens (including phenoxy) is 1. The molecule has 0 heterocycles. The quantitative estimate of drug-likeness (QED) is 0.251. The van der Waals surface area contributed by atoms with E-state index in [2.05, 4.69) is 12.2 Å². The molecular formula is C31H37ClN2O3. The first kappa shape index (κ1) is 28.3. The summed E-state index contributed by atoms with van der Waals surface area (Å²) < 4.78 is 5.79.